The molecule has 3 aromatic rings. The summed E-state index contributed by atoms with van der Waals surface area (Å²) in [5, 5.41) is 13.8. The molecule has 4 rings (SSSR count). The van der Waals surface area contributed by atoms with Crippen molar-refractivity contribution >= 4 is 17.7 Å². The number of hydrogen-bond donors (Lipinski definition) is 0. The molecule has 28 heavy (non-hydrogen) atoms. The van der Waals surface area contributed by atoms with E-state index in [2.05, 4.69) is 62.7 Å². The first-order valence-corrected chi connectivity index (χ1v) is 10.3. The van der Waals surface area contributed by atoms with Crippen LogP contribution in [0.2, 0.25) is 0 Å². The van der Waals surface area contributed by atoms with Crippen LogP contribution in [0.5, 0.6) is 0 Å². The van der Waals surface area contributed by atoms with Crippen molar-refractivity contribution in [3.8, 4) is 5.69 Å². The summed E-state index contributed by atoms with van der Waals surface area (Å²) >= 11 is 1.55. The number of anilines is 1. The fourth-order valence-corrected chi connectivity index (χ4v) is 3.66. The van der Waals surface area contributed by atoms with Gasteiger partial charge < -0.3 is 14.2 Å². The quantitative estimate of drug-likeness (QED) is 0.605. The molecule has 9 heteroatoms. The van der Waals surface area contributed by atoms with Crippen molar-refractivity contribution < 1.29 is 9.26 Å². The fraction of sp³-hybridized carbons (Fsp3) is 0.474. The van der Waals surface area contributed by atoms with Gasteiger partial charge in [0.05, 0.1) is 24.7 Å². The second-order valence-corrected chi connectivity index (χ2v) is 8.55. The largest absolute Gasteiger partial charge is 0.378 e. The predicted molar refractivity (Wildman–Crippen MR) is 107 cm³/mol. The minimum Gasteiger partial charge on any atom is -0.378 e. The van der Waals surface area contributed by atoms with Gasteiger partial charge in [-0.25, -0.2) is 0 Å². The summed E-state index contributed by atoms with van der Waals surface area (Å²) in [5.74, 6) is 2.70. The standard InChI is InChI=1S/C19H24N6O2S/c1-19(2,3)16-20-15(23-27-16)13-28-18-22-21-17(24-9-11-26-12-10-24)25(18)14-7-5-4-6-8-14/h4-8H,9-13H2,1-3H3. The summed E-state index contributed by atoms with van der Waals surface area (Å²) in [6.45, 7) is 9.16. The second kappa shape index (κ2) is 7.92. The smallest absolute Gasteiger partial charge is 0.232 e. The van der Waals surface area contributed by atoms with Crippen molar-refractivity contribution in [1.82, 2.24) is 24.9 Å². The number of nitrogens with zero attached hydrogens (tertiary/aromatic N) is 6. The molecule has 0 amide bonds. The molecule has 1 fully saturated rings. The number of rotatable bonds is 5. The molecule has 0 N–H and O–H groups in total. The first-order chi connectivity index (χ1) is 13.5. The van der Waals surface area contributed by atoms with Crippen LogP contribution in [0.3, 0.4) is 0 Å². The van der Waals surface area contributed by atoms with Crippen LogP contribution in [-0.4, -0.2) is 51.2 Å². The highest BCUT2D eigenvalue weighted by Gasteiger charge is 2.24. The summed E-state index contributed by atoms with van der Waals surface area (Å²) in [7, 11) is 0. The third kappa shape index (κ3) is 4.05. The van der Waals surface area contributed by atoms with Gasteiger partial charge in [0.1, 0.15) is 0 Å². The summed E-state index contributed by atoms with van der Waals surface area (Å²) in [5.41, 5.74) is 0.865. The molecule has 0 spiro atoms. The summed E-state index contributed by atoms with van der Waals surface area (Å²) in [6.07, 6.45) is 0. The molecule has 148 valence electrons. The van der Waals surface area contributed by atoms with Crippen molar-refractivity contribution in [2.75, 3.05) is 31.2 Å². The van der Waals surface area contributed by atoms with Crippen LogP contribution in [0.25, 0.3) is 5.69 Å². The highest BCUT2D eigenvalue weighted by molar-refractivity contribution is 7.98. The fourth-order valence-electron chi connectivity index (χ4n) is 2.87. The minimum atomic E-state index is -0.163. The van der Waals surface area contributed by atoms with E-state index in [1.165, 1.54) is 0 Å². The van der Waals surface area contributed by atoms with Crippen LogP contribution in [-0.2, 0) is 15.9 Å². The molecule has 8 nitrogen and oxygen atoms in total. The number of hydrogen-bond acceptors (Lipinski definition) is 8. The topological polar surface area (TPSA) is 82.1 Å². The Balaban J connectivity index is 1.60. The Kier molecular flexibility index (Phi) is 5.36. The van der Waals surface area contributed by atoms with Crippen LogP contribution in [0.1, 0.15) is 32.5 Å². The summed E-state index contributed by atoms with van der Waals surface area (Å²) in [4.78, 5) is 6.72. The molecule has 0 unspecified atom stereocenters. The molecule has 0 saturated carbocycles. The molecule has 0 bridgehead atoms. The lowest BCUT2D eigenvalue weighted by Crippen LogP contribution is -2.37. The van der Waals surface area contributed by atoms with Gasteiger partial charge in [-0.15, -0.1) is 10.2 Å². The molecule has 0 atom stereocenters. The first-order valence-electron chi connectivity index (χ1n) is 9.32. The summed E-state index contributed by atoms with van der Waals surface area (Å²) < 4.78 is 13.0. The highest BCUT2D eigenvalue weighted by Crippen LogP contribution is 2.29. The van der Waals surface area contributed by atoms with Crippen molar-refractivity contribution in [1.29, 1.82) is 0 Å². The molecule has 0 radical (unpaired) electrons. The van der Waals surface area contributed by atoms with E-state index in [1.807, 2.05) is 18.2 Å². The molecule has 1 aromatic carbocycles. The lowest BCUT2D eigenvalue weighted by molar-refractivity contribution is 0.122. The highest BCUT2D eigenvalue weighted by atomic mass is 32.2. The van der Waals surface area contributed by atoms with E-state index in [0.29, 0.717) is 30.7 Å². The third-order valence-electron chi connectivity index (χ3n) is 4.36. The maximum Gasteiger partial charge on any atom is 0.232 e. The maximum atomic E-state index is 5.48. The van der Waals surface area contributed by atoms with E-state index < -0.39 is 0 Å². The van der Waals surface area contributed by atoms with E-state index in [4.69, 9.17) is 9.26 Å². The number of thioether (sulfide) groups is 1. The molecule has 1 aliphatic heterocycles. The van der Waals surface area contributed by atoms with Crippen LogP contribution in [0, 0.1) is 0 Å². The SMILES string of the molecule is CC(C)(C)c1nc(CSc2nnc(N3CCOCC3)n2-c2ccccc2)no1. The van der Waals surface area contributed by atoms with Crippen molar-refractivity contribution in [3.05, 3.63) is 42.0 Å². The van der Waals surface area contributed by atoms with Gasteiger partial charge in [-0.3, -0.25) is 4.57 Å². The van der Waals surface area contributed by atoms with E-state index in [-0.39, 0.29) is 5.41 Å². The van der Waals surface area contributed by atoms with Gasteiger partial charge in [0, 0.05) is 18.5 Å². The van der Waals surface area contributed by atoms with Gasteiger partial charge in [-0.1, -0.05) is 55.9 Å². The molecule has 1 saturated heterocycles. The summed E-state index contributed by atoms with van der Waals surface area (Å²) in [6, 6.07) is 10.2. The van der Waals surface area contributed by atoms with Crippen LogP contribution in [0.4, 0.5) is 5.95 Å². The van der Waals surface area contributed by atoms with Gasteiger partial charge in [-0.2, -0.15) is 4.98 Å². The van der Waals surface area contributed by atoms with Crippen molar-refractivity contribution in [2.24, 2.45) is 0 Å². The molecule has 2 aromatic heterocycles. The first kappa shape index (κ1) is 18.9. The molecule has 0 aliphatic carbocycles. The molecule has 1 aliphatic rings. The second-order valence-electron chi connectivity index (χ2n) is 7.61. The Bertz CT molecular complexity index is 912. The van der Waals surface area contributed by atoms with E-state index in [9.17, 15) is 0 Å². The number of para-hydroxylation sites is 1. The number of aromatic nitrogens is 5. The lowest BCUT2D eigenvalue weighted by atomic mass is 9.97. The Labute approximate surface area is 168 Å². The van der Waals surface area contributed by atoms with Crippen LogP contribution >= 0.6 is 11.8 Å². The average Bonchev–Trinajstić information content (AvgIpc) is 3.35. The lowest BCUT2D eigenvalue weighted by Gasteiger charge is -2.27. The van der Waals surface area contributed by atoms with Gasteiger partial charge in [-0.05, 0) is 12.1 Å². The maximum absolute atomic E-state index is 5.48. The van der Waals surface area contributed by atoms with Crippen LogP contribution in [0.15, 0.2) is 40.0 Å². The molecule has 3 heterocycles. The number of morpholine rings is 1. The average molecular weight is 401 g/mol. The predicted octanol–water partition coefficient (Wildman–Crippen LogP) is 3.08. The number of benzene rings is 1. The van der Waals surface area contributed by atoms with Crippen molar-refractivity contribution in [3.63, 3.8) is 0 Å². The van der Waals surface area contributed by atoms with Gasteiger partial charge in [0.15, 0.2) is 11.0 Å². The Morgan fingerprint density at radius 3 is 2.50 bits per heavy atom. The Morgan fingerprint density at radius 1 is 1.07 bits per heavy atom. The zero-order valence-corrected chi connectivity index (χ0v) is 17.1. The zero-order chi connectivity index (χ0) is 19.6. The van der Waals surface area contributed by atoms with E-state index in [0.717, 1.165) is 29.9 Å². The molecular weight excluding hydrogens is 376 g/mol. The normalized spacial score (nSPS) is 15.2. The van der Waals surface area contributed by atoms with Gasteiger partial charge >= 0.3 is 0 Å². The molecular formula is C19H24N6O2S. The van der Waals surface area contributed by atoms with Crippen LogP contribution < -0.4 is 4.90 Å². The van der Waals surface area contributed by atoms with Gasteiger partial charge in [0.25, 0.3) is 0 Å². The van der Waals surface area contributed by atoms with Crippen molar-refractivity contribution in [2.45, 2.75) is 37.1 Å². The minimum absolute atomic E-state index is 0.163. The van der Waals surface area contributed by atoms with Gasteiger partial charge in [0.2, 0.25) is 11.8 Å². The Hall–Kier alpha value is -2.39. The van der Waals surface area contributed by atoms with E-state index in [1.54, 1.807) is 11.8 Å². The van der Waals surface area contributed by atoms with E-state index >= 15 is 0 Å². The number of ether oxygens (including phenoxy) is 1. The third-order valence-corrected chi connectivity index (χ3v) is 5.29. The Morgan fingerprint density at radius 2 is 1.82 bits per heavy atom. The zero-order valence-electron chi connectivity index (χ0n) is 16.3. The monoisotopic (exact) mass is 400 g/mol.